The molecular formula is C20H23ClN2O4S2. The van der Waals surface area contributed by atoms with Crippen molar-refractivity contribution in [3.05, 3.63) is 52.4 Å². The van der Waals surface area contributed by atoms with Gasteiger partial charge in [0, 0.05) is 31.1 Å². The normalized spacial score (nSPS) is 20.1. The smallest absolute Gasteiger partial charge is 0.252 e. The summed E-state index contributed by atoms with van der Waals surface area (Å²) in [6.07, 6.45) is 2.35. The molecule has 1 saturated carbocycles. The molecule has 1 atom stereocenters. The predicted molar refractivity (Wildman–Crippen MR) is 114 cm³/mol. The van der Waals surface area contributed by atoms with Crippen molar-refractivity contribution in [2.45, 2.75) is 35.4 Å². The molecule has 1 aromatic heterocycles. The lowest BCUT2D eigenvalue weighted by atomic mass is 9.74. The highest BCUT2D eigenvalue weighted by Gasteiger charge is 2.48. The monoisotopic (exact) mass is 454 g/mol. The van der Waals surface area contributed by atoms with Crippen molar-refractivity contribution < 1.29 is 18.0 Å². The zero-order valence-corrected chi connectivity index (χ0v) is 18.7. The summed E-state index contributed by atoms with van der Waals surface area (Å²) in [4.78, 5) is 27.6. The van der Waals surface area contributed by atoms with Crippen LogP contribution in [0.1, 0.15) is 31.2 Å². The molecule has 1 amide bonds. The number of halogens is 1. The molecule has 3 rings (SSSR count). The van der Waals surface area contributed by atoms with Crippen LogP contribution in [0, 0.1) is 0 Å². The zero-order chi connectivity index (χ0) is 21.2. The number of rotatable bonds is 6. The number of carbonyl (C=O) groups is 2. The largest absolute Gasteiger partial charge is 0.328 e. The molecule has 1 unspecified atom stereocenters. The Morgan fingerprint density at radius 3 is 2.52 bits per heavy atom. The van der Waals surface area contributed by atoms with Crippen LogP contribution in [0.4, 0.5) is 0 Å². The maximum atomic E-state index is 13.1. The number of sulfonamides is 1. The second-order valence-corrected chi connectivity index (χ2v) is 10.7. The lowest BCUT2D eigenvalue weighted by Gasteiger charge is -2.44. The third kappa shape index (κ3) is 3.99. The van der Waals surface area contributed by atoms with Crippen LogP contribution >= 0.6 is 22.9 Å². The molecule has 1 aliphatic rings. The van der Waals surface area contributed by atoms with Crippen molar-refractivity contribution in [2.75, 3.05) is 20.6 Å². The van der Waals surface area contributed by atoms with E-state index >= 15 is 0 Å². The summed E-state index contributed by atoms with van der Waals surface area (Å²) in [5.41, 5.74) is -0.590. The average Bonchev–Trinajstić information content (AvgIpc) is 3.24. The van der Waals surface area contributed by atoms with Gasteiger partial charge in [0.2, 0.25) is 5.91 Å². The lowest BCUT2D eigenvalue weighted by molar-refractivity contribution is -0.148. The van der Waals surface area contributed by atoms with Crippen LogP contribution in [0.25, 0.3) is 0 Å². The van der Waals surface area contributed by atoms with Gasteiger partial charge >= 0.3 is 0 Å². The summed E-state index contributed by atoms with van der Waals surface area (Å²) in [6, 6.07) is 10.2. The van der Waals surface area contributed by atoms with Gasteiger partial charge in [-0.05, 0) is 36.8 Å². The van der Waals surface area contributed by atoms with Crippen LogP contribution in [-0.4, -0.2) is 50.0 Å². The average molecular weight is 455 g/mol. The van der Waals surface area contributed by atoms with Crippen LogP contribution in [0.2, 0.25) is 5.02 Å². The molecule has 2 aromatic rings. The molecule has 6 nitrogen and oxygen atoms in total. The molecule has 1 fully saturated rings. The summed E-state index contributed by atoms with van der Waals surface area (Å²) in [7, 11) is -0.845. The number of ketones is 1. The van der Waals surface area contributed by atoms with Crippen molar-refractivity contribution in [3.63, 3.8) is 0 Å². The van der Waals surface area contributed by atoms with Gasteiger partial charge in [0.15, 0.2) is 5.78 Å². The number of carbonyl (C=O) groups excluding carboxylic acids is 2. The molecule has 1 aromatic carbocycles. The van der Waals surface area contributed by atoms with Gasteiger partial charge in [-0.25, -0.2) is 8.42 Å². The Balaban J connectivity index is 1.92. The van der Waals surface area contributed by atoms with Crippen LogP contribution in [0.5, 0.6) is 0 Å². The van der Waals surface area contributed by atoms with Crippen molar-refractivity contribution >= 4 is 44.7 Å². The van der Waals surface area contributed by atoms with Gasteiger partial charge in [-0.2, -0.15) is 4.31 Å². The summed E-state index contributed by atoms with van der Waals surface area (Å²) in [6.45, 7) is -0.365. The molecule has 0 bridgehead atoms. The first-order valence-electron chi connectivity index (χ1n) is 9.26. The lowest BCUT2D eigenvalue weighted by Crippen LogP contribution is -2.56. The fourth-order valence-electron chi connectivity index (χ4n) is 3.79. The minimum absolute atomic E-state index is 0.0727. The van der Waals surface area contributed by atoms with E-state index in [9.17, 15) is 18.0 Å². The van der Waals surface area contributed by atoms with Gasteiger partial charge in [0.05, 0.1) is 6.54 Å². The molecule has 1 aliphatic carbocycles. The number of hydrogen-bond donors (Lipinski definition) is 0. The zero-order valence-electron chi connectivity index (χ0n) is 16.3. The fourth-order valence-corrected chi connectivity index (χ4v) is 6.40. The predicted octanol–water partition coefficient (Wildman–Crippen LogP) is 3.52. The van der Waals surface area contributed by atoms with Gasteiger partial charge in [-0.1, -0.05) is 35.9 Å². The molecule has 9 heteroatoms. The van der Waals surface area contributed by atoms with Crippen LogP contribution < -0.4 is 0 Å². The van der Waals surface area contributed by atoms with Crippen molar-refractivity contribution in [2.24, 2.45) is 0 Å². The maximum Gasteiger partial charge on any atom is 0.252 e. The van der Waals surface area contributed by atoms with Gasteiger partial charge in [-0.15, -0.1) is 11.3 Å². The third-order valence-electron chi connectivity index (χ3n) is 5.44. The van der Waals surface area contributed by atoms with Gasteiger partial charge in [-0.3, -0.25) is 9.59 Å². The summed E-state index contributed by atoms with van der Waals surface area (Å²) >= 11 is 7.51. The first-order valence-corrected chi connectivity index (χ1v) is 12.0. The van der Waals surface area contributed by atoms with E-state index in [-0.39, 0.29) is 16.5 Å². The highest BCUT2D eigenvalue weighted by molar-refractivity contribution is 7.91. The molecule has 0 radical (unpaired) electrons. The highest BCUT2D eigenvalue weighted by atomic mass is 35.5. The summed E-state index contributed by atoms with van der Waals surface area (Å²) in [5, 5.41) is 2.09. The van der Waals surface area contributed by atoms with E-state index in [0.717, 1.165) is 28.5 Å². The van der Waals surface area contributed by atoms with E-state index in [0.29, 0.717) is 23.4 Å². The van der Waals surface area contributed by atoms with Crippen molar-refractivity contribution in [3.8, 4) is 0 Å². The first-order chi connectivity index (χ1) is 13.7. The van der Waals surface area contributed by atoms with E-state index in [4.69, 9.17) is 11.6 Å². The second-order valence-electron chi connectivity index (χ2n) is 7.12. The van der Waals surface area contributed by atoms with E-state index < -0.39 is 21.5 Å². The standard InChI is InChI=1S/C20H23ClN2O4S2/c1-22(29(26,27)19-11-7-13-28-19)14-18(25)23(2)20(12-6-5-10-17(20)24)15-8-3-4-9-16(15)21/h3-4,7-9,11,13H,5-6,10,12,14H2,1-2H3. The molecule has 0 saturated heterocycles. The molecular weight excluding hydrogens is 432 g/mol. The third-order valence-corrected chi connectivity index (χ3v) is 8.94. The molecule has 1 heterocycles. The highest BCUT2D eigenvalue weighted by Crippen LogP contribution is 2.42. The Bertz CT molecular complexity index is 1010. The van der Waals surface area contributed by atoms with Crippen LogP contribution in [-0.2, 0) is 25.2 Å². The molecule has 0 N–H and O–H groups in total. The SMILES string of the molecule is CN(C(=O)CN(C)S(=O)(=O)c1cccs1)C1(c2ccccc2Cl)CCCCC1=O. The van der Waals surface area contributed by atoms with Crippen molar-refractivity contribution in [1.29, 1.82) is 0 Å². The second kappa shape index (κ2) is 8.55. The Kier molecular flexibility index (Phi) is 6.48. The van der Waals surface area contributed by atoms with Crippen molar-refractivity contribution in [1.82, 2.24) is 9.21 Å². The minimum atomic E-state index is -3.77. The van der Waals surface area contributed by atoms with Gasteiger partial charge in [0.25, 0.3) is 10.0 Å². The Morgan fingerprint density at radius 2 is 1.90 bits per heavy atom. The van der Waals surface area contributed by atoms with E-state index in [1.165, 1.54) is 18.0 Å². The fraction of sp³-hybridized carbons (Fsp3) is 0.400. The maximum absolute atomic E-state index is 13.1. The molecule has 0 spiro atoms. The summed E-state index contributed by atoms with van der Waals surface area (Å²) < 4.78 is 26.5. The van der Waals surface area contributed by atoms with Crippen LogP contribution in [0.3, 0.4) is 0 Å². The van der Waals surface area contributed by atoms with Gasteiger partial charge < -0.3 is 4.90 Å². The number of thiophene rings is 1. The van der Waals surface area contributed by atoms with Gasteiger partial charge in [0.1, 0.15) is 9.75 Å². The molecule has 29 heavy (non-hydrogen) atoms. The van der Waals surface area contributed by atoms with E-state index in [1.54, 1.807) is 42.8 Å². The summed E-state index contributed by atoms with van der Waals surface area (Å²) in [5.74, 6) is -0.528. The Morgan fingerprint density at radius 1 is 1.17 bits per heavy atom. The minimum Gasteiger partial charge on any atom is -0.328 e. The Labute approximate surface area is 180 Å². The Hall–Kier alpha value is -1.74. The number of nitrogens with zero attached hydrogens (tertiary/aromatic N) is 2. The number of Topliss-reactive ketones (excluding diaryl/α,β-unsaturated/α-hetero) is 1. The van der Waals surface area contributed by atoms with E-state index in [2.05, 4.69) is 0 Å². The quantitative estimate of drug-likeness (QED) is 0.669. The molecule has 0 aliphatic heterocycles. The number of amides is 1. The number of likely N-dealkylation sites (N-methyl/N-ethyl adjacent to an activating group) is 2. The molecule has 156 valence electrons. The van der Waals surface area contributed by atoms with Crippen LogP contribution in [0.15, 0.2) is 46.0 Å². The first kappa shape index (κ1) is 22.0. The number of hydrogen-bond acceptors (Lipinski definition) is 5. The number of benzene rings is 1. The topological polar surface area (TPSA) is 74.8 Å². The van der Waals surface area contributed by atoms with E-state index in [1.807, 2.05) is 0 Å².